The second kappa shape index (κ2) is 7.36. The maximum atomic E-state index is 12.4. The zero-order chi connectivity index (χ0) is 19.6. The van der Waals surface area contributed by atoms with Gasteiger partial charge in [-0.05, 0) is 44.0 Å². The molecule has 27 heavy (non-hydrogen) atoms. The summed E-state index contributed by atoms with van der Waals surface area (Å²) in [4.78, 5) is 27.1. The van der Waals surface area contributed by atoms with E-state index in [9.17, 15) is 14.9 Å². The first-order valence-corrected chi connectivity index (χ1v) is 8.31. The van der Waals surface area contributed by atoms with Gasteiger partial charge in [-0.2, -0.15) is 4.98 Å². The minimum absolute atomic E-state index is 0.0602. The van der Waals surface area contributed by atoms with E-state index in [-0.39, 0.29) is 23.3 Å². The molecule has 1 atom stereocenters. The van der Waals surface area contributed by atoms with Crippen molar-refractivity contribution in [3.05, 3.63) is 75.2 Å². The van der Waals surface area contributed by atoms with Gasteiger partial charge in [0.15, 0.2) is 0 Å². The number of aromatic nitrogens is 2. The third-order valence-corrected chi connectivity index (χ3v) is 4.24. The number of nitro benzene ring substituents is 1. The van der Waals surface area contributed by atoms with Gasteiger partial charge in [0, 0.05) is 23.3 Å². The van der Waals surface area contributed by atoms with Gasteiger partial charge >= 0.3 is 0 Å². The predicted molar refractivity (Wildman–Crippen MR) is 98.2 cm³/mol. The number of non-ortho nitro benzene ring substituents is 1. The molecule has 8 nitrogen and oxygen atoms in total. The van der Waals surface area contributed by atoms with E-state index < -0.39 is 11.0 Å². The SMILES string of the molecule is Cc1ccc(C(=O)NC(C)c2nc(-c3cccc([N+](=O)[O-])c3)no2)cc1C. The third-order valence-electron chi connectivity index (χ3n) is 4.24. The lowest BCUT2D eigenvalue weighted by Gasteiger charge is -2.10. The molecule has 0 bridgehead atoms. The van der Waals surface area contributed by atoms with Crippen LogP contribution in [0.25, 0.3) is 11.4 Å². The zero-order valence-electron chi connectivity index (χ0n) is 15.1. The first-order chi connectivity index (χ1) is 12.8. The van der Waals surface area contributed by atoms with Gasteiger partial charge in [-0.3, -0.25) is 14.9 Å². The summed E-state index contributed by atoms with van der Waals surface area (Å²) in [6.07, 6.45) is 0. The summed E-state index contributed by atoms with van der Waals surface area (Å²) in [6, 6.07) is 10.9. The molecule has 1 heterocycles. The van der Waals surface area contributed by atoms with Crippen molar-refractivity contribution in [2.45, 2.75) is 26.8 Å². The lowest BCUT2D eigenvalue weighted by Crippen LogP contribution is -2.27. The van der Waals surface area contributed by atoms with E-state index in [0.717, 1.165) is 11.1 Å². The Morgan fingerprint density at radius 3 is 2.67 bits per heavy atom. The maximum absolute atomic E-state index is 12.4. The molecule has 0 fully saturated rings. The van der Waals surface area contributed by atoms with Crippen LogP contribution in [0.2, 0.25) is 0 Å². The van der Waals surface area contributed by atoms with Crippen molar-refractivity contribution in [3.63, 3.8) is 0 Å². The number of aryl methyl sites for hydroxylation is 2. The lowest BCUT2D eigenvalue weighted by molar-refractivity contribution is -0.384. The molecule has 8 heteroatoms. The molecular weight excluding hydrogens is 348 g/mol. The smallest absolute Gasteiger partial charge is 0.270 e. The fourth-order valence-electron chi connectivity index (χ4n) is 2.51. The first-order valence-electron chi connectivity index (χ1n) is 8.31. The largest absolute Gasteiger partial charge is 0.341 e. The van der Waals surface area contributed by atoms with Crippen molar-refractivity contribution in [3.8, 4) is 11.4 Å². The molecule has 0 radical (unpaired) electrons. The number of hydrogen-bond donors (Lipinski definition) is 1. The average Bonchev–Trinajstić information content (AvgIpc) is 3.14. The number of nitrogens with zero attached hydrogens (tertiary/aromatic N) is 3. The Morgan fingerprint density at radius 2 is 1.96 bits per heavy atom. The molecular formula is C19H18N4O4. The second-order valence-electron chi connectivity index (χ2n) is 6.26. The van der Waals surface area contributed by atoms with E-state index in [1.165, 1.54) is 12.1 Å². The number of benzene rings is 2. The van der Waals surface area contributed by atoms with E-state index >= 15 is 0 Å². The van der Waals surface area contributed by atoms with Gasteiger partial charge in [0.1, 0.15) is 6.04 Å². The highest BCUT2D eigenvalue weighted by atomic mass is 16.6. The normalized spacial score (nSPS) is 11.8. The van der Waals surface area contributed by atoms with Crippen LogP contribution in [0.5, 0.6) is 0 Å². The van der Waals surface area contributed by atoms with E-state index in [1.807, 2.05) is 26.0 Å². The van der Waals surface area contributed by atoms with E-state index in [1.54, 1.807) is 25.1 Å². The fraction of sp³-hybridized carbons (Fsp3) is 0.211. The van der Waals surface area contributed by atoms with Gasteiger partial charge in [-0.25, -0.2) is 0 Å². The summed E-state index contributed by atoms with van der Waals surface area (Å²) in [5, 5.41) is 17.6. The van der Waals surface area contributed by atoms with E-state index in [4.69, 9.17) is 4.52 Å². The zero-order valence-corrected chi connectivity index (χ0v) is 15.1. The Hall–Kier alpha value is -3.55. The average molecular weight is 366 g/mol. The summed E-state index contributed by atoms with van der Waals surface area (Å²) in [6.45, 7) is 5.65. The van der Waals surface area contributed by atoms with Gasteiger partial charge < -0.3 is 9.84 Å². The molecule has 0 aliphatic heterocycles. The van der Waals surface area contributed by atoms with Crippen LogP contribution < -0.4 is 5.32 Å². The van der Waals surface area contributed by atoms with Crippen molar-refractivity contribution >= 4 is 11.6 Å². The van der Waals surface area contributed by atoms with Crippen molar-refractivity contribution in [2.24, 2.45) is 0 Å². The highest BCUT2D eigenvalue weighted by molar-refractivity contribution is 5.94. The Bertz CT molecular complexity index is 1010. The van der Waals surface area contributed by atoms with Crippen LogP contribution in [-0.2, 0) is 0 Å². The molecule has 0 aliphatic rings. The number of nitro groups is 1. The van der Waals surface area contributed by atoms with Crippen LogP contribution in [0.15, 0.2) is 47.0 Å². The monoisotopic (exact) mass is 366 g/mol. The number of amides is 1. The fourth-order valence-corrected chi connectivity index (χ4v) is 2.51. The number of carbonyl (C=O) groups is 1. The van der Waals surface area contributed by atoms with E-state index in [0.29, 0.717) is 11.1 Å². The molecule has 1 N–H and O–H groups in total. The highest BCUT2D eigenvalue weighted by Crippen LogP contribution is 2.23. The van der Waals surface area contributed by atoms with Crippen LogP contribution in [0.1, 0.15) is 40.3 Å². The Kier molecular flexibility index (Phi) is 4.98. The molecule has 3 aromatic rings. The molecule has 2 aromatic carbocycles. The maximum Gasteiger partial charge on any atom is 0.270 e. The molecule has 1 unspecified atom stereocenters. The Labute approximate surface area is 155 Å². The molecule has 0 spiro atoms. The van der Waals surface area contributed by atoms with Crippen LogP contribution in [0.3, 0.4) is 0 Å². The van der Waals surface area contributed by atoms with Crippen molar-refractivity contribution in [2.75, 3.05) is 0 Å². The summed E-state index contributed by atoms with van der Waals surface area (Å²) >= 11 is 0. The van der Waals surface area contributed by atoms with Crippen LogP contribution in [0.4, 0.5) is 5.69 Å². The van der Waals surface area contributed by atoms with Gasteiger partial charge in [0.05, 0.1) is 4.92 Å². The van der Waals surface area contributed by atoms with Gasteiger partial charge in [-0.1, -0.05) is 23.4 Å². The molecule has 3 rings (SSSR count). The standard InChI is InChI=1S/C19H18N4O4/c1-11-7-8-15(9-12(11)2)18(24)20-13(3)19-21-17(22-27-19)14-5-4-6-16(10-14)23(25)26/h4-10,13H,1-3H3,(H,20,24). The summed E-state index contributed by atoms with van der Waals surface area (Å²) < 4.78 is 5.22. The highest BCUT2D eigenvalue weighted by Gasteiger charge is 2.19. The first kappa shape index (κ1) is 18.2. The van der Waals surface area contributed by atoms with Crippen molar-refractivity contribution in [1.82, 2.24) is 15.5 Å². The number of nitrogens with one attached hydrogen (secondary N) is 1. The molecule has 0 saturated carbocycles. The van der Waals surface area contributed by atoms with Crippen molar-refractivity contribution < 1.29 is 14.2 Å². The predicted octanol–water partition coefficient (Wildman–Crippen LogP) is 3.75. The van der Waals surface area contributed by atoms with Gasteiger partial charge in [0.2, 0.25) is 11.7 Å². The van der Waals surface area contributed by atoms with Crippen LogP contribution in [0, 0.1) is 24.0 Å². The molecule has 1 amide bonds. The van der Waals surface area contributed by atoms with E-state index in [2.05, 4.69) is 15.5 Å². The lowest BCUT2D eigenvalue weighted by atomic mass is 10.1. The Balaban J connectivity index is 1.75. The molecule has 0 aliphatic carbocycles. The molecule has 138 valence electrons. The summed E-state index contributed by atoms with van der Waals surface area (Å²) in [5.41, 5.74) is 3.09. The van der Waals surface area contributed by atoms with Crippen LogP contribution >= 0.6 is 0 Å². The molecule has 1 aromatic heterocycles. The number of hydrogen-bond acceptors (Lipinski definition) is 6. The van der Waals surface area contributed by atoms with Crippen LogP contribution in [-0.4, -0.2) is 21.0 Å². The number of rotatable bonds is 5. The summed E-state index contributed by atoms with van der Waals surface area (Å²) in [5.74, 6) is 0.190. The summed E-state index contributed by atoms with van der Waals surface area (Å²) in [7, 11) is 0. The second-order valence-corrected chi connectivity index (χ2v) is 6.26. The van der Waals surface area contributed by atoms with Gasteiger partial charge in [0.25, 0.3) is 11.6 Å². The Morgan fingerprint density at radius 1 is 1.19 bits per heavy atom. The topological polar surface area (TPSA) is 111 Å². The quantitative estimate of drug-likeness (QED) is 0.544. The third kappa shape index (κ3) is 4.00. The minimum atomic E-state index is -0.515. The van der Waals surface area contributed by atoms with Crippen molar-refractivity contribution in [1.29, 1.82) is 0 Å². The minimum Gasteiger partial charge on any atom is -0.341 e. The molecule has 0 saturated heterocycles. The number of carbonyl (C=O) groups excluding carboxylic acids is 1. The van der Waals surface area contributed by atoms with Gasteiger partial charge in [-0.15, -0.1) is 0 Å².